The fraction of sp³-hybridized carbons (Fsp3) is 0.556. The third kappa shape index (κ3) is 2.10. The first kappa shape index (κ1) is 10.3. The summed E-state index contributed by atoms with van der Waals surface area (Å²) >= 11 is 5.43. The Labute approximate surface area is 82.3 Å². The molecule has 1 aliphatic rings. The highest BCUT2D eigenvalue weighted by atomic mass is 35.5. The van der Waals surface area contributed by atoms with Crippen molar-refractivity contribution in [3.8, 4) is 0 Å². The molecule has 0 radical (unpaired) electrons. The van der Waals surface area contributed by atoms with E-state index in [0.29, 0.717) is 13.0 Å². The minimum Gasteiger partial charge on any atom is -0.277 e. The molecule has 0 saturated carbocycles. The van der Waals surface area contributed by atoms with Crippen LogP contribution < -0.4 is 0 Å². The van der Waals surface area contributed by atoms with Crippen LogP contribution in [0.25, 0.3) is 0 Å². The summed E-state index contributed by atoms with van der Waals surface area (Å²) in [6.07, 6.45) is 1.36. The van der Waals surface area contributed by atoms with Crippen molar-refractivity contribution in [2.24, 2.45) is 5.92 Å². The van der Waals surface area contributed by atoms with E-state index >= 15 is 0 Å². The van der Waals surface area contributed by atoms with E-state index in [2.05, 4.69) is 6.58 Å². The number of carbonyl (C=O) groups is 2. The molecule has 1 unspecified atom stereocenters. The van der Waals surface area contributed by atoms with Gasteiger partial charge >= 0.3 is 0 Å². The maximum Gasteiger partial charge on any atom is 0.271 e. The van der Waals surface area contributed by atoms with E-state index in [-0.39, 0.29) is 16.9 Å². The molecule has 72 valence electrons. The molecule has 0 aromatic carbocycles. The van der Waals surface area contributed by atoms with Gasteiger partial charge in [0.2, 0.25) is 5.91 Å². The van der Waals surface area contributed by atoms with E-state index in [1.165, 1.54) is 4.90 Å². The van der Waals surface area contributed by atoms with Crippen molar-refractivity contribution in [2.45, 2.75) is 19.8 Å². The lowest BCUT2D eigenvalue weighted by Crippen LogP contribution is -2.32. The average Bonchev–Trinajstić information content (AvgIpc) is 2.45. The molecule has 4 heteroatoms. The molecule has 0 bridgehead atoms. The molecule has 1 saturated heterocycles. The second-order valence-corrected chi connectivity index (χ2v) is 3.65. The van der Waals surface area contributed by atoms with Gasteiger partial charge in [0.05, 0.1) is 5.03 Å². The lowest BCUT2D eigenvalue weighted by atomic mass is 10.1. The van der Waals surface area contributed by atoms with Crippen LogP contribution in [-0.4, -0.2) is 23.3 Å². The fourth-order valence-electron chi connectivity index (χ4n) is 1.40. The molecule has 13 heavy (non-hydrogen) atoms. The second-order valence-electron chi connectivity index (χ2n) is 3.19. The van der Waals surface area contributed by atoms with Gasteiger partial charge in [-0.1, -0.05) is 31.5 Å². The van der Waals surface area contributed by atoms with Gasteiger partial charge in [0.15, 0.2) is 0 Å². The summed E-state index contributed by atoms with van der Waals surface area (Å²) < 4.78 is 0. The van der Waals surface area contributed by atoms with Gasteiger partial charge in [-0.2, -0.15) is 0 Å². The largest absolute Gasteiger partial charge is 0.277 e. The molecular formula is C9H12ClNO2. The van der Waals surface area contributed by atoms with E-state index < -0.39 is 5.91 Å². The molecule has 0 spiro atoms. The minimum atomic E-state index is -0.456. The first-order valence-electron chi connectivity index (χ1n) is 4.25. The van der Waals surface area contributed by atoms with Crippen molar-refractivity contribution in [3.63, 3.8) is 0 Å². The number of halogens is 1. The lowest BCUT2D eigenvalue weighted by Gasteiger charge is -2.12. The average molecular weight is 202 g/mol. The smallest absolute Gasteiger partial charge is 0.271 e. The summed E-state index contributed by atoms with van der Waals surface area (Å²) in [6.45, 7) is 5.79. The molecule has 0 aromatic rings. The molecule has 0 N–H and O–H groups in total. The summed E-state index contributed by atoms with van der Waals surface area (Å²) in [4.78, 5) is 23.8. The highest BCUT2D eigenvalue weighted by molar-refractivity contribution is 6.42. The number of likely N-dealkylation sites (tertiary alicyclic amines) is 1. The molecule has 0 aliphatic carbocycles. The summed E-state index contributed by atoms with van der Waals surface area (Å²) in [5.41, 5.74) is 0. The molecule has 1 rings (SSSR count). The van der Waals surface area contributed by atoms with Crippen LogP contribution in [0, 0.1) is 5.92 Å². The van der Waals surface area contributed by atoms with Gasteiger partial charge in [0.1, 0.15) is 0 Å². The van der Waals surface area contributed by atoms with Gasteiger partial charge in [-0.3, -0.25) is 14.5 Å². The number of imide groups is 1. The standard InChI is InChI=1S/C9H12ClNO2/c1-3-7-4-8(12)11(5-7)9(13)6(2)10/h7H,2-5H2,1H3. The van der Waals surface area contributed by atoms with Gasteiger partial charge < -0.3 is 0 Å². The van der Waals surface area contributed by atoms with E-state index in [1.807, 2.05) is 6.92 Å². The van der Waals surface area contributed by atoms with Crippen LogP contribution in [0.3, 0.4) is 0 Å². The maximum atomic E-state index is 11.3. The van der Waals surface area contributed by atoms with Gasteiger partial charge in [-0.05, 0) is 5.92 Å². The predicted molar refractivity (Wildman–Crippen MR) is 50.1 cm³/mol. The molecular weight excluding hydrogens is 190 g/mol. The number of rotatable bonds is 2. The Balaban J connectivity index is 2.67. The van der Waals surface area contributed by atoms with Crippen molar-refractivity contribution < 1.29 is 9.59 Å². The van der Waals surface area contributed by atoms with Crippen molar-refractivity contribution in [1.82, 2.24) is 4.90 Å². The number of hydrogen-bond donors (Lipinski definition) is 0. The van der Waals surface area contributed by atoms with Gasteiger partial charge in [-0.15, -0.1) is 0 Å². The zero-order chi connectivity index (χ0) is 10.0. The quantitative estimate of drug-likeness (QED) is 0.636. The van der Waals surface area contributed by atoms with E-state index in [0.717, 1.165) is 6.42 Å². The zero-order valence-electron chi connectivity index (χ0n) is 7.55. The highest BCUT2D eigenvalue weighted by Crippen LogP contribution is 2.22. The molecule has 1 fully saturated rings. The lowest BCUT2D eigenvalue weighted by molar-refractivity contribution is -0.138. The molecule has 1 aliphatic heterocycles. The van der Waals surface area contributed by atoms with Crippen LogP contribution in [0.15, 0.2) is 11.6 Å². The van der Waals surface area contributed by atoms with Crippen molar-refractivity contribution in [1.29, 1.82) is 0 Å². The first-order valence-corrected chi connectivity index (χ1v) is 4.63. The number of carbonyl (C=O) groups excluding carboxylic acids is 2. The van der Waals surface area contributed by atoms with Crippen LogP contribution in [0.1, 0.15) is 19.8 Å². The predicted octanol–water partition coefficient (Wildman–Crippen LogP) is 1.52. The SMILES string of the molecule is C=C(Cl)C(=O)N1CC(CC)CC1=O. The van der Waals surface area contributed by atoms with Gasteiger partial charge in [0.25, 0.3) is 5.91 Å². The molecule has 1 heterocycles. The normalized spacial score (nSPS) is 22.2. The minimum absolute atomic E-state index is 0.0925. The summed E-state index contributed by atoms with van der Waals surface area (Å²) in [5, 5.41) is -0.0925. The molecule has 0 aromatic heterocycles. The third-order valence-electron chi connectivity index (χ3n) is 2.26. The van der Waals surface area contributed by atoms with Crippen LogP contribution in [-0.2, 0) is 9.59 Å². The number of nitrogens with zero attached hydrogens (tertiary/aromatic N) is 1. The third-order valence-corrected chi connectivity index (χ3v) is 2.42. The van der Waals surface area contributed by atoms with E-state index in [9.17, 15) is 9.59 Å². The number of amides is 2. The Morgan fingerprint density at radius 1 is 1.77 bits per heavy atom. The molecule has 3 nitrogen and oxygen atoms in total. The van der Waals surface area contributed by atoms with Crippen LogP contribution >= 0.6 is 11.6 Å². The summed E-state index contributed by atoms with van der Waals surface area (Å²) in [6, 6.07) is 0. The van der Waals surface area contributed by atoms with Gasteiger partial charge in [-0.25, -0.2) is 0 Å². The highest BCUT2D eigenvalue weighted by Gasteiger charge is 2.33. The van der Waals surface area contributed by atoms with Crippen LogP contribution in [0.2, 0.25) is 0 Å². The number of hydrogen-bond acceptors (Lipinski definition) is 2. The topological polar surface area (TPSA) is 37.4 Å². The molecule has 2 amide bonds. The van der Waals surface area contributed by atoms with Crippen molar-refractivity contribution in [3.05, 3.63) is 11.6 Å². The van der Waals surface area contributed by atoms with Crippen molar-refractivity contribution in [2.75, 3.05) is 6.54 Å². The van der Waals surface area contributed by atoms with Gasteiger partial charge in [0, 0.05) is 13.0 Å². The van der Waals surface area contributed by atoms with Crippen LogP contribution in [0.5, 0.6) is 0 Å². The summed E-state index contributed by atoms with van der Waals surface area (Å²) in [7, 11) is 0. The van der Waals surface area contributed by atoms with Crippen LogP contribution in [0.4, 0.5) is 0 Å². The molecule has 1 atom stereocenters. The Bertz CT molecular complexity index is 262. The Morgan fingerprint density at radius 3 is 2.77 bits per heavy atom. The van der Waals surface area contributed by atoms with Crippen molar-refractivity contribution >= 4 is 23.4 Å². The Morgan fingerprint density at radius 2 is 2.38 bits per heavy atom. The Hall–Kier alpha value is -0.830. The monoisotopic (exact) mass is 201 g/mol. The van der Waals surface area contributed by atoms with E-state index in [4.69, 9.17) is 11.6 Å². The zero-order valence-corrected chi connectivity index (χ0v) is 8.30. The Kier molecular flexibility index (Phi) is 3.09. The summed E-state index contributed by atoms with van der Waals surface area (Å²) in [5.74, 6) is -0.311. The second kappa shape index (κ2) is 3.92. The maximum absolute atomic E-state index is 11.3. The first-order chi connectivity index (χ1) is 6.06. The van der Waals surface area contributed by atoms with E-state index in [1.54, 1.807) is 0 Å². The fourth-order valence-corrected chi connectivity index (χ4v) is 1.50.